The molecule has 28 heavy (non-hydrogen) atoms. The monoisotopic (exact) mass is 399 g/mol. The number of hydrogen-bond donors (Lipinski definition) is 2. The summed E-state index contributed by atoms with van der Waals surface area (Å²) in [4.78, 5) is 22.6. The van der Waals surface area contributed by atoms with Crippen LogP contribution in [0, 0.1) is 0 Å². The maximum Gasteiger partial charge on any atom is 0.251 e. The molecule has 0 fully saturated rings. The van der Waals surface area contributed by atoms with E-state index in [1.54, 1.807) is 40.5 Å². The largest absolute Gasteiger partial charge is 0.493 e. The van der Waals surface area contributed by atoms with Crippen molar-refractivity contribution in [1.82, 2.24) is 25.1 Å². The van der Waals surface area contributed by atoms with Crippen LogP contribution in [0.15, 0.2) is 24.5 Å². The molecule has 9 heteroatoms. The van der Waals surface area contributed by atoms with Crippen LogP contribution in [-0.2, 0) is 6.42 Å². The van der Waals surface area contributed by atoms with Gasteiger partial charge in [0, 0.05) is 34.9 Å². The Balaban J connectivity index is 1.77. The number of rotatable bonds is 5. The van der Waals surface area contributed by atoms with Gasteiger partial charge in [-0.1, -0.05) is 25.2 Å². The molecule has 1 aliphatic rings. The third kappa shape index (κ3) is 3.38. The number of aliphatic hydroxyl groups is 1. The topological polar surface area (TPSA) is 102 Å². The lowest BCUT2D eigenvalue weighted by molar-refractivity contribution is 0.0945. The van der Waals surface area contributed by atoms with Crippen LogP contribution in [0.4, 0.5) is 0 Å². The maximum absolute atomic E-state index is 12.3. The number of fused-ring (bicyclic) bond motifs is 3. The molecule has 0 aliphatic carbocycles. The molecule has 0 saturated carbocycles. The van der Waals surface area contributed by atoms with Gasteiger partial charge in [0.1, 0.15) is 17.9 Å². The Kier molecular flexibility index (Phi) is 5.10. The molecule has 0 atom stereocenters. The fraction of sp³-hybridized carbons (Fsp3) is 0.368. The first-order valence-electron chi connectivity index (χ1n) is 9.14. The Morgan fingerprint density at radius 3 is 3.07 bits per heavy atom. The summed E-state index contributed by atoms with van der Waals surface area (Å²) in [5.74, 6) is 1.55. The fourth-order valence-electron chi connectivity index (χ4n) is 3.11. The van der Waals surface area contributed by atoms with Gasteiger partial charge in [0.25, 0.3) is 5.91 Å². The highest BCUT2D eigenvalue weighted by Gasteiger charge is 2.24. The molecule has 0 radical (unpaired) electrons. The predicted octanol–water partition coefficient (Wildman–Crippen LogP) is 2.17. The summed E-state index contributed by atoms with van der Waals surface area (Å²) in [5, 5.41) is 16.7. The van der Waals surface area contributed by atoms with Gasteiger partial charge < -0.3 is 15.2 Å². The van der Waals surface area contributed by atoms with Crippen molar-refractivity contribution in [1.29, 1.82) is 0 Å². The van der Waals surface area contributed by atoms with Gasteiger partial charge in [-0.25, -0.2) is 9.97 Å². The summed E-state index contributed by atoms with van der Waals surface area (Å²) in [6.45, 7) is 4.79. The first-order valence-corrected chi connectivity index (χ1v) is 9.96. The molecule has 1 amide bonds. The molecule has 3 heterocycles. The van der Waals surface area contributed by atoms with E-state index in [0.717, 1.165) is 33.5 Å². The molecule has 2 N–H and O–H groups in total. The van der Waals surface area contributed by atoms with Crippen molar-refractivity contribution < 1.29 is 14.6 Å². The number of hydrogen-bond acceptors (Lipinski definition) is 7. The van der Waals surface area contributed by atoms with E-state index in [1.807, 2.05) is 0 Å². The van der Waals surface area contributed by atoms with Crippen LogP contribution in [0.25, 0.3) is 16.4 Å². The second-order valence-corrected chi connectivity index (χ2v) is 7.80. The van der Waals surface area contributed by atoms with Crippen molar-refractivity contribution in [2.24, 2.45) is 0 Å². The zero-order chi connectivity index (χ0) is 19.7. The zero-order valence-corrected chi connectivity index (χ0v) is 16.5. The normalized spacial score (nSPS) is 12.9. The number of nitrogens with zero attached hydrogens (tertiary/aromatic N) is 4. The zero-order valence-electron chi connectivity index (χ0n) is 15.7. The molecular weight excluding hydrogens is 378 g/mol. The summed E-state index contributed by atoms with van der Waals surface area (Å²) in [6.07, 6.45) is 2.28. The van der Waals surface area contributed by atoms with Crippen molar-refractivity contribution in [2.45, 2.75) is 26.2 Å². The van der Waals surface area contributed by atoms with Gasteiger partial charge in [0.05, 0.1) is 18.9 Å². The smallest absolute Gasteiger partial charge is 0.251 e. The van der Waals surface area contributed by atoms with Gasteiger partial charge in [-0.3, -0.25) is 4.79 Å². The average Bonchev–Trinajstić information content (AvgIpc) is 3.30. The van der Waals surface area contributed by atoms with E-state index in [0.29, 0.717) is 17.9 Å². The Hall–Kier alpha value is -2.78. The lowest BCUT2D eigenvalue weighted by atomic mass is 10.1. The van der Waals surface area contributed by atoms with Gasteiger partial charge in [0.2, 0.25) is 5.13 Å². The number of benzene rings is 1. The number of amides is 1. The number of carbonyl (C=O) groups excluding carboxylic acids is 1. The standard InChI is InChI=1S/C19H21N5O3S/c1-11(2)17-21-10-22-24(17)19-23-16-13-9-12(18(26)20-6-7-25)3-4-14(13)27-8-5-15(16)28-19/h3-4,9-11,25H,5-8H2,1-2H3,(H,20,26). The van der Waals surface area contributed by atoms with Crippen molar-refractivity contribution in [3.8, 4) is 22.1 Å². The highest BCUT2D eigenvalue weighted by molar-refractivity contribution is 7.14. The number of ether oxygens (including phenoxy) is 1. The molecule has 1 aromatic carbocycles. The van der Waals surface area contributed by atoms with Gasteiger partial charge in [-0.05, 0) is 18.2 Å². The third-order valence-corrected chi connectivity index (χ3v) is 5.53. The van der Waals surface area contributed by atoms with Gasteiger partial charge in [0.15, 0.2) is 0 Å². The summed E-state index contributed by atoms with van der Waals surface area (Å²) < 4.78 is 7.64. The molecule has 2 aromatic heterocycles. The maximum atomic E-state index is 12.3. The minimum Gasteiger partial charge on any atom is -0.493 e. The Morgan fingerprint density at radius 1 is 1.43 bits per heavy atom. The molecule has 146 valence electrons. The number of aliphatic hydroxyl groups excluding tert-OH is 1. The summed E-state index contributed by atoms with van der Waals surface area (Å²) in [6, 6.07) is 5.31. The average molecular weight is 399 g/mol. The highest BCUT2D eigenvalue weighted by atomic mass is 32.1. The Bertz CT molecular complexity index is 1010. The van der Waals surface area contributed by atoms with E-state index >= 15 is 0 Å². The van der Waals surface area contributed by atoms with Crippen LogP contribution in [0.2, 0.25) is 0 Å². The Morgan fingerprint density at radius 2 is 2.29 bits per heavy atom. The molecule has 0 spiro atoms. The predicted molar refractivity (Wildman–Crippen MR) is 105 cm³/mol. The molecule has 3 aromatic rings. The van der Waals surface area contributed by atoms with Gasteiger partial charge >= 0.3 is 0 Å². The van der Waals surface area contributed by atoms with Gasteiger partial charge in [-0.2, -0.15) is 9.78 Å². The molecule has 4 rings (SSSR count). The van der Waals surface area contributed by atoms with Crippen molar-refractivity contribution in [3.05, 3.63) is 40.8 Å². The molecule has 1 aliphatic heterocycles. The molecule has 8 nitrogen and oxygen atoms in total. The first kappa shape index (κ1) is 18.6. The van der Waals surface area contributed by atoms with Crippen molar-refractivity contribution in [3.63, 3.8) is 0 Å². The minimum absolute atomic E-state index is 0.102. The van der Waals surface area contributed by atoms with Gasteiger partial charge in [-0.15, -0.1) is 0 Å². The van der Waals surface area contributed by atoms with E-state index < -0.39 is 0 Å². The van der Waals surface area contributed by atoms with E-state index in [-0.39, 0.29) is 25.0 Å². The number of aromatic nitrogens is 4. The van der Waals surface area contributed by atoms with Crippen LogP contribution in [0.5, 0.6) is 5.75 Å². The van der Waals surface area contributed by atoms with E-state index in [4.69, 9.17) is 14.8 Å². The number of thiazole rings is 1. The van der Waals surface area contributed by atoms with Crippen LogP contribution in [0.1, 0.15) is 40.8 Å². The van der Waals surface area contributed by atoms with E-state index in [9.17, 15) is 4.79 Å². The van der Waals surface area contributed by atoms with E-state index in [1.165, 1.54) is 0 Å². The molecule has 0 saturated heterocycles. The van der Waals surface area contributed by atoms with E-state index in [2.05, 4.69) is 29.2 Å². The van der Waals surface area contributed by atoms with Crippen LogP contribution < -0.4 is 10.1 Å². The fourth-order valence-corrected chi connectivity index (χ4v) is 4.13. The van der Waals surface area contributed by atoms with Crippen LogP contribution >= 0.6 is 11.3 Å². The second kappa shape index (κ2) is 7.69. The summed E-state index contributed by atoms with van der Waals surface area (Å²) in [5.41, 5.74) is 2.11. The summed E-state index contributed by atoms with van der Waals surface area (Å²) >= 11 is 1.57. The molecule has 0 unspecified atom stereocenters. The van der Waals surface area contributed by atoms with Crippen molar-refractivity contribution in [2.75, 3.05) is 19.8 Å². The second-order valence-electron chi connectivity index (χ2n) is 6.74. The Labute approximate surface area is 166 Å². The lowest BCUT2D eigenvalue weighted by Crippen LogP contribution is -2.26. The minimum atomic E-state index is -0.239. The van der Waals surface area contributed by atoms with Crippen LogP contribution in [-0.4, -0.2) is 50.5 Å². The molecule has 0 bridgehead atoms. The number of nitrogens with one attached hydrogen (secondary N) is 1. The highest BCUT2D eigenvalue weighted by Crippen LogP contribution is 2.39. The van der Waals surface area contributed by atoms with Crippen LogP contribution in [0.3, 0.4) is 0 Å². The lowest BCUT2D eigenvalue weighted by Gasteiger charge is -2.10. The quantitative estimate of drug-likeness (QED) is 0.682. The van der Waals surface area contributed by atoms with Crippen molar-refractivity contribution >= 4 is 17.2 Å². The first-order chi connectivity index (χ1) is 13.6. The summed E-state index contributed by atoms with van der Waals surface area (Å²) in [7, 11) is 0. The SMILES string of the molecule is CC(C)c1ncnn1-c1nc2c(s1)CCOc1ccc(C(=O)NCCO)cc1-2. The third-order valence-electron chi connectivity index (χ3n) is 4.44. The molecular formula is C19H21N5O3S. The number of carbonyl (C=O) groups is 1.